The fourth-order valence-electron chi connectivity index (χ4n) is 3.74. The van der Waals surface area contributed by atoms with Crippen LogP contribution in [0.15, 0.2) is 77.7 Å². The van der Waals surface area contributed by atoms with Crippen LogP contribution in [0.5, 0.6) is 0 Å². The monoisotopic (exact) mass is 527 g/mol. The van der Waals surface area contributed by atoms with Gasteiger partial charge in [-0.15, -0.1) is 0 Å². The molecule has 0 saturated carbocycles. The van der Waals surface area contributed by atoms with E-state index in [4.69, 9.17) is 11.6 Å². The van der Waals surface area contributed by atoms with Crippen molar-refractivity contribution in [2.24, 2.45) is 0 Å². The minimum atomic E-state index is -4.10. The first kappa shape index (κ1) is 27.2. The Bertz CT molecular complexity index is 1330. The molecular formula is C27H30ClN3O4S. The molecule has 0 aliphatic heterocycles. The summed E-state index contributed by atoms with van der Waals surface area (Å²) in [5.41, 5.74) is 3.02. The number of nitrogens with zero attached hydrogens (tertiary/aromatic N) is 2. The number of benzene rings is 3. The molecule has 0 aliphatic rings. The number of carbonyl (C=O) groups excluding carboxylic acids is 2. The van der Waals surface area contributed by atoms with Gasteiger partial charge in [0, 0.05) is 18.6 Å². The zero-order chi connectivity index (χ0) is 26.5. The van der Waals surface area contributed by atoms with E-state index >= 15 is 0 Å². The number of sulfonamides is 1. The fraction of sp³-hybridized carbons (Fsp3) is 0.259. The summed E-state index contributed by atoms with van der Waals surface area (Å²) in [7, 11) is -2.61. The third-order valence-corrected chi connectivity index (χ3v) is 8.06. The molecule has 0 radical (unpaired) electrons. The van der Waals surface area contributed by atoms with Crippen molar-refractivity contribution in [3.05, 3.63) is 94.5 Å². The third kappa shape index (κ3) is 6.25. The molecule has 7 nitrogen and oxygen atoms in total. The van der Waals surface area contributed by atoms with Gasteiger partial charge in [0.1, 0.15) is 12.6 Å². The van der Waals surface area contributed by atoms with E-state index < -0.39 is 28.5 Å². The lowest BCUT2D eigenvalue weighted by Crippen LogP contribution is -2.50. The molecule has 0 aliphatic carbocycles. The summed E-state index contributed by atoms with van der Waals surface area (Å²) < 4.78 is 28.5. The van der Waals surface area contributed by atoms with Gasteiger partial charge in [0.2, 0.25) is 11.8 Å². The number of anilines is 1. The molecule has 3 aromatic rings. The molecular weight excluding hydrogens is 498 g/mol. The molecule has 0 fully saturated rings. The summed E-state index contributed by atoms with van der Waals surface area (Å²) in [5, 5.41) is 3.01. The number of rotatable bonds is 9. The average Bonchev–Trinajstić information content (AvgIpc) is 2.86. The van der Waals surface area contributed by atoms with Gasteiger partial charge in [-0.3, -0.25) is 13.9 Å². The van der Waals surface area contributed by atoms with Gasteiger partial charge in [0.15, 0.2) is 0 Å². The Kier molecular flexibility index (Phi) is 8.76. The van der Waals surface area contributed by atoms with Crippen LogP contribution in [0.4, 0.5) is 5.69 Å². The van der Waals surface area contributed by atoms with Gasteiger partial charge < -0.3 is 10.2 Å². The van der Waals surface area contributed by atoms with Crippen molar-refractivity contribution in [1.29, 1.82) is 0 Å². The highest BCUT2D eigenvalue weighted by atomic mass is 35.5. The first-order chi connectivity index (χ1) is 17.0. The highest BCUT2D eigenvalue weighted by Gasteiger charge is 2.32. The van der Waals surface area contributed by atoms with Crippen LogP contribution in [0.3, 0.4) is 0 Å². The summed E-state index contributed by atoms with van der Waals surface area (Å²) in [6.07, 6.45) is 0. The minimum absolute atomic E-state index is 0.0562. The van der Waals surface area contributed by atoms with Crippen LogP contribution in [-0.2, 0) is 26.2 Å². The second-order valence-electron chi connectivity index (χ2n) is 8.54. The molecule has 1 atom stereocenters. The van der Waals surface area contributed by atoms with Crippen LogP contribution >= 0.6 is 11.6 Å². The number of amides is 2. The molecule has 2 amide bonds. The number of nitrogens with one attached hydrogen (secondary N) is 1. The number of halogens is 1. The second-order valence-corrected chi connectivity index (χ2v) is 10.8. The number of aryl methyl sites for hydroxylation is 2. The van der Waals surface area contributed by atoms with Gasteiger partial charge in [-0.1, -0.05) is 53.6 Å². The van der Waals surface area contributed by atoms with Gasteiger partial charge >= 0.3 is 0 Å². The molecule has 1 N–H and O–H groups in total. The van der Waals surface area contributed by atoms with Gasteiger partial charge in [-0.2, -0.15) is 0 Å². The maximum Gasteiger partial charge on any atom is 0.264 e. The van der Waals surface area contributed by atoms with Crippen LogP contribution in [-0.4, -0.2) is 44.8 Å². The number of carbonyl (C=O) groups is 2. The van der Waals surface area contributed by atoms with Crippen LogP contribution in [0, 0.1) is 13.8 Å². The summed E-state index contributed by atoms with van der Waals surface area (Å²) in [6, 6.07) is 19.4. The van der Waals surface area contributed by atoms with Crippen LogP contribution in [0.1, 0.15) is 23.6 Å². The van der Waals surface area contributed by atoms with Crippen molar-refractivity contribution in [3.63, 3.8) is 0 Å². The number of hydrogen-bond donors (Lipinski definition) is 1. The molecule has 0 aromatic heterocycles. The van der Waals surface area contributed by atoms with Crippen LogP contribution < -0.4 is 9.62 Å². The molecule has 0 bridgehead atoms. The van der Waals surface area contributed by atoms with Crippen molar-refractivity contribution in [3.8, 4) is 0 Å². The van der Waals surface area contributed by atoms with Crippen molar-refractivity contribution in [1.82, 2.24) is 10.2 Å². The first-order valence-electron chi connectivity index (χ1n) is 11.4. The lowest BCUT2D eigenvalue weighted by molar-refractivity contribution is -0.139. The molecule has 190 valence electrons. The lowest BCUT2D eigenvalue weighted by atomic mass is 10.1. The highest BCUT2D eigenvalue weighted by molar-refractivity contribution is 7.92. The molecule has 3 aromatic carbocycles. The average molecular weight is 528 g/mol. The zero-order valence-electron chi connectivity index (χ0n) is 20.7. The van der Waals surface area contributed by atoms with Gasteiger partial charge in [0.25, 0.3) is 10.0 Å². The standard InChI is InChI=1S/C27H30ClN3O4S/c1-19-9-15-25(16-10-19)36(34,35)31(24-13-11-23(28)12-14-24)18-26(32)30(21(3)27(33)29-4)17-22-8-6-5-7-20(22)2/h5-16,21H,17-18H2,1-4H3,(H,29,33)/t21-/m1/s1. The van der Waals surface area contributed by atoms with E-state index in [1.54, 1.807) is 43.3 Å². The number of hydrogen-bond acceptors (Lipinski definition) is 4. The molecule has 0 saturated heterocycles. The Hall–Kier alpha value is -3.36. The van der Waals surface area contributed by atoms with Crippen molar-refractivity contribution in [2.75, 3.05) is 17.9 Å². The van der Waals surface area contributed by atoms with Crippen molar-refractivity contribution >= 4 is 39.1 Å². The van der Waals surface area contributed by atoms with Gasteiger partial charge in [-0.05, 0) is 68.3 Å². The maximum absolute atomic E-state index is 13.7. The number of likely N-dealkylation sites (N-methyl/N-ethyl adjacent to an activating group) is 1. The predicted octanol–water partition coefficient (Wildman–Crippen LogP) is 4.32. The smallest absolute Gasteiger partial charge is 0.264 e. The molecule has 0 spiro atoms. The van der Waals surface area contributed by atoms with Gasteiger partial charge in [0.05, 0.1) is 10.6 Å². The molecule has 3 rings (SSSR count). The molecule has 0 unspecified atom stereocenters. The largest absolute Gasteiger partial charge is 0.357 e. The maximum atomic E-state index is 13.7. The summed E-state index contributed by atoms with van der Waals surface area (Å²) >= 11 is 6.03. The highest BCUT2D eigenvalue weighted by Crippen LogP contribution is 2.26. The molecule has 0 heterocycles. The summed E-state index contributed by atoms with van der Waals surface area (Å²) in [4.78, 5) is 27.7. The van der Waals surface area contributed by atoms with E-state index in [0.717, 1.165) is 21.0 Å². The van der Waals surface area contributed by atoms with Crippen molar-refractivity contribution in [2.45, 2.75) is 38.3 Å². The first-order valence-corrected chi connectivity index (χ1v) is 13.3. The van der Waals surface area contributed by atoms with E-state index in [2.05, 4.69) is 5.32 Å². The van der Waals surface area contributed by atoms with E-state index in [9.17, 15) is 18.0 Å². The van der Waals surface area contributed by atoms with E-state index in [-0.39, 0.29) is 23.0 Å². The predicted molar refractivity (Wildman–Crippen MR) is 142 cm³/mol. The Labute approximate surface area is 217 Å². The fourth-order valence-corrected chi connectivity index (χ4v) is 5.28. The van der Waals surface area contributed by atoms with Crippen molar-refractivity contribution < 1.29 is 18.0 Å². The molecule has 36 heavy (non-hydrogen) atoms. The zero-order valence-corrected chi connectivity index (χ0v) is 22.3. The van der Waals surface area contributed by atoms with Crippen LogP contribution in [0.25, 0.3) is 0 Å². The Morgan fingerprint density at radius 2 is 1.56 bits per heavy atom. The van der Waals surface area contributed by atoms with E-state index in [1.807, 2.05) is 38.1 Å². The minimum Gasteiger partial charge on any atom is -0.357 e. The topological polar surface area (TPSA) is 86.8 Å². The SMILES string of the molecule is CNC(=O)[C@@H](C)N(Cc1ccccc1C)C(=O)CN(c1ccc(Cl)cc1)S(=O)(=O)c1ccc(C)cc1. The Morgan fingerprint density at radius 3 is 2.14 bits per heavy atom. The van der Waals surface area contributed by atoms with Gasteiger partial charge in [-0.25, -0.2) is 8.42 Å². The Morgan fingerprint density at radius 1 is 0.944 bits per heavy atom. The van der Waals surface area contributed by atoms with E-state index in [0.29, 0.717) is 5.02 Å². The summed E-state index contributed by atoms with van der Waals surface area (Å²) in [6.45, 7) is 5.06. The summed E-state index contributed by atoms with van der Waals surface area (Å²) in [5.74, 6) is -0.864. The van der Waals surface area contributed by atoms with E-state index in [1.165, 1.54) is 24.1 Å². The van der Waals surface area contributed by atoms with Crippen LogP contribution in [0.2, 0.25) is 5.02 Å². The quantitative estimate of drug-likeness (QED) is 0.449. The lowest BCUT2D eigenvalue weighted by Gasteiger charge is -2.32. The molecule has 9 heteroatoms. The normalized spacial score (nSPS) is 12.0. The third-order valence-electron chi connectivity index (χ3n) is 6.02. The Balaban J connectivity index is 2.03. The second kappa shape index (κ2) is 11.6.